The van der Waals surface area contributed by atoms with Crippen molar-refractivity contribution >= 4 is 29.1 Å². The molecule has 2 aliphatic rings. The lowest BCUT2D eigenvalue weighted by atomic mass is 10.0. The highest BCUT2D eigenvalue weighted by atomic mass is 35.5. The molecular weight excluding hydrogens is 518 g/mol. The van der Waals surface area contributed by atoms with E-state index < -0.39 is 11.7 Å². The lowest BCUT2D eigenvalue weighted by molar-refractivity contribution is 0.0953. The van der Waals surface area contributed by atoms with Crippen molar-refractivity contribution in [1.29, 1.82) is 0 Å². The van der Waals surface area contributed by atoms with Gasteiger partial charge in [-0.25, -0.2) is 4.39 Å². The van der Waals surface area contributed by atoms with Crippen LogP contribution in [0, 0.1) is 11.7 Å². The van der Waals surface area contributed by atoms with Crippen molar-refractivity contribution in [3.05, 3.63) is 75.6 Å². The normalized spacial score (nSPS) is 17.3. The largest absolute Gasteiger partial charge is 0.493 e. The highest BCUT2D eigenvalue weighted by molar-refractivity contribution is 6.35. The van der Waals surface area contributed by atoms with Crippen molar-refractivity contribution < 1.29 is 23.4 Å². The molecule has 0 radical (unpaired) electrons. The molecule has 1 unspecified atom stereocenters. The van der Waals surface area contributed by atoms with E-state index >= 15 is 0 Å². The minimum absolute atomic E-state index is 0.00494. The number of allylic oxidation sites excluding steroid dienone is 2. The molecule has 2 aromatic carbocycles. The summed E-state index contributed by atoms with van der Waals surface area (Å²) in [5, 5.41) is 6.99. The van der Waals surface area contributed by atoms with Gasteiger partial charge in [-0.3, -0.25) is 4.79 Å². The first-order valence-corrected chi connectivity index (χ1v) is 13.1. The zero-order chi connectivity index (χ0) is 26.6. The van der Waals surface area contributed by atoms with Gasteiger partial charge in [0.25, 0.3) is 5.91 Å². The minimum Gasteiger partial charge on any atom is -0.493 e. The van der Waals surface area contributed by atoms with Crippen LogP contribution in [0.2, 0.25) is 0 Å². The molecule has 2 aromatic rings. The Bertz CT molecular complexity index is 1110. The summed E-state index contributed by atoms with van der Waals surface area (Å²) in [6, 6.07) is 11.5. The number of carbonyl (C=O) groups excluding carboxylic acids is 1. The van der Waals surface area contributed by atoms with E-state index in [1.165, 1.54) is 31.0 Å². The van der Waals surface area contributed by atoms with E-state index in [1.807, 2.05) is 25.1 Å². The molecule has 37 heavy (non-hydrogen) atoms. The summed E-state index contributed by atoms with van der Waals surface area (Å²) in [6.45, 7) is 7.07. The highest BCUT2D eigenvalue weighted by Crippen LogP contribution is 2.35. The van der Waals surface area contributed by atoms with Gasteiger partial charge in [0, 0.05) is 40.7 Å². The fourth-order valence-electron chi connectivity index (χ4n) is 3.83. The number of hydrogen-bond donors (Lipinski definition) is 2. The zero-order valence-electron chi connectivity index (χ0n) is 21.1. The van der Waals surface area contributed by atoms with Crippen molar-refractivity contribution in [2.45, 2.75) is 33.1 Å². The van der Waals surface area contributed by atoms with Crippen molar-refractivity contribution in [3.63, 3.8) is 0 Å². The van der Waals surface area contributed by atoms with Crippen LogP contribution in [0.25, 0.3) is 0 Å². The third kappa shape index (κ3) is 8.95. The van der Waals surface area contributed by atoms with Gasteiger partial charge in [-0.05, 0) is 57.0 Å². The van der Waals surface area contributed by atoms with Gasteiger partial charge >= 0.3 is 0 Å². The molecule has 6 nitrogen and oxygen atoms in total. The molecule has 2 N–H and O–H groups in total. The number of halogens is 3. The molecule has 0 saturated carbocycles. The van der Waals surface area contributed by atoms with Gasteiger partial charge in [-0.2, -0.15) is 0 Å². The van der Waals surface area contributed by atoms with E-state index in [4.69, 9.17) is 37.4 Å². The molecule has 4 rings (SSSR count). The van der Waals surface area contributed by atoms with E-state index in [9.17, 15) is 9.18 Å². The fourth-order valence-corrected chi connectivity index (χ4v) is 4.41. The summed E-state index contributed by atoms with van der Waals surface area (Å²) in [6.07, 6.45) is 5.05. The first-order chi connectivity index (χ1) is 17.9. The van der Waals surface area contributed by atoms with E-state index in [0.717, 1.165) is 43.4 Å². The molecule has 0 aliphatic carbocycles. The Morgan fingerprint density at radius 2 is 2.00 bits per heavy atom. The van der Waals surface area contributed by atoms with Crippen LogP contribution in [0.4, 0.5) is 4.39 Å². The van der Waals surface area contributed by atoms with Gasteiger partial charge in [0.05, 0.1) is 12.2 Å². The first kappa shape index (κ1) is 28.8. The van der Waals surface area contributed by atoms with Gasteiger partial charge in [0.1, 0.15) is 11.6 Å². The predicted octanol–water partition coefficient (Wildman–Crippen LogP) is 6.39. The molecule has 200 valence electrons. The Labute approximate surface area is 227 Å². The van der Waals surface area contributed by atoms with Crippen LogP contribution in [-0.2, 0) is 0 Å². The zero-order valence-corrected chi connectivity index (χ0v) is 22.6. The highest BCUT2D eigenvalue weighted by Gasteiger charge is 2.16. The molecule has 1 atom stereocenters. The topological polar surface area (TPSA) is 68.8 Å². The molecule has 1 fully saturated rings. The quantitative estimate of drug-likeness (QED) is 0.372. The summed E-state index contributed by atoms with van der Waals surface area (Å²) in [7, 11) is 0. The minimum atomic E-state index is -0.562. The molecule has 2 heterocycles. The van der Waals surface area contributed by atoms with Crippen LogP contribution in [0.3, 0.4) is 0 Å². The predicted molar refractivity (Wildman–Crippen MR) is 145 cm³/mol. The fraction of sp³-hybridized carbons (Fsp3) is 0.393. The molecule has 0 aromatic heterocycles. The number of benzene rings is 2. The van der Waals surface area contributed by atoms with Crippen LogP contribution >= 0.6 is 23.2 Å². The summed E-state index contributed by atoms with van der Waals surface area (Å²) in [5.41, 5.74) is 0.620. The Kier molecular flexibility index (Phi) is 11.6. The Balaban J connectivity index is 0.000000207. The first-order valence-electron chi connectivity index (χ1n) is 12.4. The van der Waals surface area contributed by atoms with Gasteiger partial charge in [0.15, 0.2) is 11.5 Å². The summed E-state index contributed by atoms with van der Waals surface area (Å²) < 4.78 is 29.8. The van der Waals surface area contributed by atoms with Crippen molar-refractivity contribution in [1.82, 2.24) is 10.6 Å². The second-order valence-corrected chi connectivity index (χ2v) is 9.65. The molecular formula is C28H33Cl2FN2O4. The summed E-state index contributed by atoms with van der Waals surface area (Å²) in [5.74, 6) is 2.00. The number of amides is 1. The average molecular weight is 551 g/mol. The van der Waals surface area contributed by atoms with Gasteiger partial charge in [0.2, 0.25) is 6.79 Å². The lowest BCUT2D eigenvalue weighted by Gasteiger charge is -2.22. The van der Waals surface area contributed by atoms with E-state index in [0.29, 0.717) is 28.3 Å². The standard InChI is InChI=1S/C15H16Cl2FNO.C13H17NO3/c1-3-6-13(17)12(10(2)16)9-19-15(20)11-7-4-5-8-14(11)18;1-2-10(7-14-5-1)8-15-11-3-4-12-13(6-11)17-9-16-12/h4-8H,3,9H2,1-2H3,(H,19,20);3-4,6,10,14H,1-2,5,7-9H2/b12-10+,13-6+;. The van der Waals surface area contributed by atoms with Crippen LogP contribution in [0.15, 0.2) is 64.2 Å². The summed E-state index contributed by atoms with van der Waals surface area (Å²) >= 11 is 12.1. The smallest absolute Gasteiger partial charge is 0.254 e. The van der Waals surface area contributed by atoms with Crippen LogP contribution in [0.1, 0.15) is 43.5 Å². The SMILES string of the molecule is CC/C=C(Cl)\C(CNC(=O)c1ccccc1F)=C(/C)Cl.c1cc2c(cc1OCC1CCCNC1)OCO2. The van der Waals surface area contributed by atoms with E-state index in [2.05, 4.69) is 10.6 Å². The molecule has 0 bridgehead atoms. The molecule has 1 amide bonds. The number of piperidine rings is 1. The Morgan fingerprint density at radius 1 is 1.22 bits per heavy atom. The maximum atomic E-state index is 13.5. The van der Waals surface area contributed by atoms with Gasteiger partial charge in [-0.15, -0.1) is 0 Å². The number of ether oxygens (including phenoxy) is 3. The number of hydrogen-bond acceptors (Lipinski definition) is 5. The number of nitrogens with one attached hydrogen (secondary N) is 2. The van der Waals surface area contributed by atoms with Crippen LogP contribution in [0.5, 0.6) is 17.2 Å². The molecule has 9 heteroatoms. The Morgan fingerprint density at radius 3 is 2.70 bits per heavy atom. The maximum absolute atomic E-state index is 13.5. The Hall–Kier alpha value is -2.74. The van der Waals surface area contributed by atoms with Crippen molar-refractivity contribution in [2.24, 2.45) is 5.92 Å². The maximum Gasteiger partial charge on any atom is 0.254 e. The monoisotopic (exact) mass is 550 g/mol. The van der Waals surface area contributed by atoms with E-state index in [-0.39, 0.29) is 12.1 Å². The van der Waals surface area contributed by atoms with Crippen LogP contribution in [-0.4, -0.2) is 38.9 Å². The second-order valence-electron chi connectivity index (χ2n) is 8.67. The van der Waals surface area contributed by atoms with Crippen LogP contribution < -0.4 is 24.8 Å². The third-order valence-electron chi connectivity index (χ3n) is 5.86. The van der Waals surface area contributed by atoms with Crippen molar-refractivity contribution in [2.75, 3.05) is 33.0 Å². The number of carbonyl (C=O) groups is 1. The summed E-state index contributed by atoms with van der Waals surface area (Å²) in [4.78, 5) is 11.9. The van der Waals surface area contributed by atoms with Gasteiger partial charge in [-0.1, -0.05) is 48.3 Å². The average Bonchev–Trinajstić information content (AvgIpc) is 3.37. The molecule has 1 saturated heterocycles. The molecule has 2 aliphatic heterocycles. The van der Waals surface area contributed by atoms with Gasteiger partial charge < -0.3 is 24.8 Å². The lowest BCUT2D eigenvalue weighted by Crippen LogP contribution is -2.33. The number of rotatable bonds is 8. The second kappa shape index (κ2) is 14.9. The molecule has 0 spiro atoms. The number of fused-ring (bicyclic) bond motifs is 1. The third-order valence-corrected chi connectivity index (χ3v) is 6.47. The van der Waals surface area contributed by atoms with Crippen molar-refractivity contribution in [3.8, 4) is 17.2 Å². The van der Waals surface area contributed by atoms with E-state index in [1.54, 1.807) is 19.1 Å².